The fraction of sp³-hybridized carbons (Fsp3) is 0.250. The third-order valence-electron chi connectivity index (χ3n) is 2.46. The van der Waals surface area contributed by atoms with Gasteiger partial charge in [0.1, 0.15) is 5.82 Å². The van der Waals surface area contributed by atoms with E-state index in [-0.39, 0.29) is 5.75 Å². The van der Waals surface area contributed by atoms with E-state index >= 15 is 0 Å². The lowest BCUT2D eigenvalue weighted by Gasteiger charge is -2.10. The Bertz CT molecular complexity index is 509. The SMILES string of the molecule is COc1cc(-c2ncc(C)[nH]2)cc(OC)c1O. The molecule has 0 saturated carbocycles. The van der Waals surface area contributed by atoms with E-state index in [9.17, 15) is 5.11 Å². The molecule has 1 aromatic heterocycles. The number of hydrogen-bond acceptors (Lipinski definition) is 4. The van der Waals surface area contributed by atoms with E-state index < -0.39 is 0 Å². The maximum atomic E-state index is 9.78. The highest BCUT2D eigenvalue weighted by atomic mass is 16.5. The molecule has 0 bridgehead atoms. The lowest BCUT2D eigenvalue weighted by atomic mass is 10.1. The van der Waals surface area contributed by atoms with E-state index in [4.69, 9.17) is 9.47 Å². The second-order valence-corrected chi connectivity index (χ2v) is 3.64. The van der Waals surface area contributed by atoms with Crippen molar-refractivity contribution in [3.63, 3.8) is 0 Å². The van der Waals surface area contributed by atoms with E-state index in [0.29, 0.717) is 17.3 Å². The molecule has 2 rings (SSSR count). The van der Waals surface area contributed by atoms with Crippen molar-refractivity contribution in [2.75, 3.05) is 14.2 Å². The standard InChI is InChI=1S/C12H14N2O3/c1-7-6-13-12(14-7)8-4-9(16-2)11(15)10(5-8)17-3/h4-6,15H,1-3H3,(H,13,14). The molecule has 0 atom stereocenters. The number of aromatic nitrogens is 2. The van der Waals surface area contributed by atoms with Crippen LogP contribution in [-0.2, 0) is 0 Å². The van der Waals surface area contributed by atoms with Crippen molar-refractivity contribution >= 4 is 0 Å². The van der Waals surface area contributed by atoms with Crippen molar-refractivity contribution in [2.45, 2.75) is 6.92 Å². The monoisotopic (exact) mass is 234 g/mol. The van der Waals surface area contributed by atoms with Gasteiger partial charge >= 0.3 is 0 Å². The van der Waals surface area contributed by atoms with Crippen LogP contribution < -0.4 is 9.47 Å². The predicted molar refractivity (Wildman–Crippen MR) is 63.5 cm³/mol. The Hall–Kier alpha value is -2.17. The second kappa shape index (κ2) is 4.37. The van der Waals surface area contributed by atoms with Gasteiger partial charge in [0.05, 0.1) is 14.2 Å². The van der Waals surface area contributed by atoms with Crippen LogP contribution in [0.25, 0.3) is 11.4 Å². The van der Waals surface area contributed by atoms with Crippen LogP contribution >= 0.6 is 0 Å². The number of H-pyrrole nitrogens is 1. The van der Waals surface area contributed by atoms with Crippen molar-refractivity contribution in [1.82, 2.24) is 9.97 Å². The van der Waals surface area contributed by atoms with Gasteiger partial charge in [0, 0.05) is 17.5 Å². The van der Waals surface area contributed by atoms with Gasteiger partial charge in [-0.3, -0.25) is 0 Å². The summed E-state index contributed by atoms with van der Waals surface area (Å²) >= 11 is 0. The number of phenols is 1. The Balaban J connectivity index is 2.55. The highest BCUT2D eigenvalue weighted by Gasteiger charge is 2.13. The molecule has 0 spiro atoms. The molecule has 0 saturated heterocycles. The Morgan fingerprint density at radius 2 is 1.76 bits per heavy atom. The minimum atomic E-state index is -0.0120. The maximum absolute atomic E-state index is 9.78. The van der Waals surface area contributed by atoms with Crippen LogP contribution in [0.1, 0.15) is 5.69 Å². The average Bonchev–Trinajstić information content (AvgIpc) is 2.76. The molecular weight excluding hydrogens is 220 g/mol. The van der Waals surface area contributed by atoms with Crippen LogP contribution in [0.4, 0.5) is 0 Å². The molecule has 90 valence electrons. The maximum Gasteiger partial charge on any atom is 0.200 e. The number of phenolic OH excluding ortho intramolecular Hbond substituents is 1. The zero-order chi connectivity index (χ0) is 12.4. The first-order valence-electron chi connectivity index (χ1n) is 5.12. The molecular formula is C12H14N2O3. The van der Waals surface area contributed by atoms with E-state index in [0.717, 1.165) is 11.3 Å². The number of nitrogens with zero attached hydrogens (tertiary/aromatic N) is 1. The number of nitrogens with one attached hydrogen (secondary N) is 1. The van der Waals surface area contributed by atoms with Gasteiger partial charge < -0.3 is 19.6 Å². The summed E-state index contributed by atoms with van der Waals surface area (Å²) in [7, 11) is 2.98. The number of aromatic amines is 1. The van der Waals surface area contributed by atoms with Gasteiger partial charge in [-0.05, 0) is 19.1 Å². The second-order valence-electron chi connectivity index (χ2n) is 3.64. The molecule has 1 aromatic carbocycles. The zero-order valence-electron chi connectivity index (χ0n) is 9.94. The molecule has 0 fully saturated rings. The van der Waals surface area contributed by atoms with Gasteiger partial charge in [0.2, 0.25) is 5.75 Å². The summed E-state index contributed by atoms with van der Waals surface area (Å²) < 4.78 is 10.2. The van der Waals surface area contributed by atoms with Crippen LogP contribution in [0.15, 0.2) is 18.3 Å². The number of imidazole rings is 1. The van der Waals surface area contributed by atoms with Gasteiger partial charge in [0.25, 0.3) is 0 Å². The van der Waals surface area contributed by atoms with Gasteiger partial charge in [0.15, 0.2) is 11.5 Å². The van der Waals surface area contributed by atoms with Crippen molar-refractivity contribution in [3.8, 4) is 28.6 Å². The number of hydrogen-bond donors (Lipinski definition) is 2. The fourth-order valence-corrected chi connectivity index (χ4v) is 1.59. The van der Waals surface area contributed by atoms with Crippen molar-refractivity contribution < 1.29 is 14.6 Å². The summed E-state index contributed by atoms with van der Waals surface area (Å²) in [4.78, 5) is 7.33. The molecule has 2 N–H and O–H groups in total. The molecule has 5 heteroatoms. The first-order chi connectivity index (χ1) is 8.15. The fourth-order valence-electron chi connectivity index (χ4n) is 1.59. The quantitative estimate of drug-likeness (QED) is 0.853. The zero-order valence-corrected chi connectivity index (χ0v) is 9.94. The number of rotatable bonds is 3. The molecule has 0 unspecified atom stereocenters. The van der Waals surface area contributed by atoms with E-state index in [1.807, 2.05) is 6.92 Å². The Labute approximate surface area is 99.0 Å². The number of benzene rings is 1. The molecule has 0 aliphatic rings. The largest absolute Gasteiger partial charge is 0.502 e. The number of methoxy groups -OCH3 is 2. The molecule has 0 aliphatic carbocycles. The summed E-state index contributed by atoms with van der Waals surface area (Å²) in [5, 5.41) is 9.78. The summed E-state index contributed by atoms with van der Waals surface area (Å²) in [5.41, 5.74) is 1.76. The predicted octanol–water partition coefficient (Wildman–Crippen LogP) is 2.11. The summed E-state index contributed by atoms with van der Waals surface area (Å²) in [6, 6.07) is 3.41. The van der Waals surface area contributed by atoms with Gasteiger partial charge in [-0.15, -0.1) is 0 Å². The van der Waals surface area contributed by atoms with Crippen LogP contribution in [0.2, 0.25) is 0 Å². The highest BCUT2D eigenvalue weighted by molar-refractivity contribution is 5.66. The van der Waals surface area contributed by atoms with Crippen LogP contribution in [-0.4, -0.2) is 29.3 Å². The van der Waals surface area contributed by atoms with Crippen LogP contribution in [0.3, 0.4) is 0 Å². The molecule has 1 heterocycles. The molecule has 17 heavy (non-hydrogen) atoms. The highest BCUT2D eigenvalue weighted by Crippen LogP contribution is 2.39. The summed E-state index contributed by atoms with van der Waals surface area (Å²) in [6.45, 7) is 1.92. The van der Waals surface area contributed by atoms with Crippen molar-refractivity contribution in [2.24, 2.45) is 0 Å². The lowest BCUT2D eigenvalue weighted by Crippen LogP contribution is -1.91. The molecule has 0 amide bonds. The molecule has 2 aromatic rings. The number of aromatic hydroxyl groups is 1. The van der Waals surface area contributed by atoms with E-state index in [1.54, 1.807) is 18.3 Å². The van der Waals surface area contributed by atoms with E-state index in [2.05, 4.69) is 9.97 Å². The summed E-state index contributed by atoms with van der Waals surface area (Å²) in [5.74, 6) is 1.41. The first kappa shape index (κ1) is 11.3. The third-order valence-corrected chi connectivity index (χ3v) is 2.46. The number of aryl methyl sites for hydroxylation is 1. The summed E-state index contributed by atoms with van der Waals surface area (Å²) in [6.07, 6.45) is 1.74. The van der Waals surface area contributed by atoms with Gasteiger partial charge in [-0.25, -0.2) is 4.98 Å². The topological polar surface area (TPSA) is 67.4 Å². The Morgan fingerprint density at radius 1 is 1.18 bits per heavy atom. The minimum Gasteiger partial charge on any atom is -0.502 e. The number of ether oxygens (including phenoxy) is 2. The average molecular weight is 234 g/mol. The van der Waals surface area contributed by atoms with Crippen LogP contribution in [0.5, 0.6) is 17.2 Å². The van der Waals surface area contributed by atoms with Crippen molar-refractivity contribution in [1.29, 1.82) is 0 Å². The van der Waals surface area contributed by atoms with E-state index in [1.165, 1.54) is 14.2 Å². The Kier molecular flexibility index (Phi) is 2.91. The van der Waals surface area contributed by atoms with Gasteiger partial charge in [-0.2, -0.15) is 0 Å². The third kappa shape index (κ3) is 2.04. The molecule has 0 radical (unpaired) electrons. The van der Waals surface area contributed by atoms with Crippen LogP contribution in [0, 0.1) is 6.92 Å². The normalized spacial score (nSPS) is 10.3. The van der Waals surface area contributed by atoms with Crippen molar-refractivity contribution in [3.05, 3.63) is 24.0 Å². The first-order valence-corrected chi connectivity index (χ1v) is 5.12. The van der Waals surface area contributed by atoms with Gasteiger partial charge in [-0.1, -0.05) is 0 Å². The lowest BCUT2D eigenvalue weighted by molar-refractivity contribution is 0.340. The Morgan fingerprint density at radius 3 is 2.18 bits per heavy atom. The smallest absolute Gasteiger partial charge is 0.200 e. The minimum absolute atomic E-state index is 0.0120. The molecule has 0 aliphatic heterocycles. The molecule has 5 nitrogen and oxygen atoms in total.